The number of benzene rings is 2. The number of sulfone groups is 1. The van der Waals surface area contributed by atoms with Crippen LogP contribution in [0.2, 0.25) is 0 Å². The average molecular weight is 496 g/mol. The van der Waals surface area contributed by atoms with Crippen LogP contribution < -0.4 is 0 Å². The highest BCUT2D eigenvalue weighted by Gasteiger charge is 2.28. The summed E-state index contributed by atoms with van der Waals surface area (Å²) in [5, 5.41) is 1.08. The van der Waals surface area contributed by atoms with Crippen molar-refractivity contribution in [2.45, 2.75) is 23.6 Å². The molecule has 1 unspecified atom stereocenters. The number of nitrogens with zero attached hydrogens (tertiary/aromatic N) is 3. The maximum absolute atomic E-state index is 13.0. The normalized spacial score (nSPS) is 16.1. The third kappa shape index (κ3) is 4.64. The first-order valence-electron chi connectivity index (χ1n) is 11.2. The fourth-order valence-electron chi connectivity index (χ4n) is 4.16. The van der Waals surface area contributed by atoms with Crippen molar-refractivity contribution in [3.63, 3.8) is 0 Å². The molecule has 0 aliphatic carbocycles. The monoisotopic (exact) mass is 495 g/mol. The van der Waals surface area contributed by atoms with E-state index in [9.17, 15) is 13.2 Å². The van der Waals surface area contributed by atoms with Gasteiger partial charge in [0.05, 0.1) is 21.2 Å². The van der Waals surface area contributed by atoms with Gasteiger partial charge in [-0.15, -0.1) is 11.3 Å². The molecule has 1 amide bonds. The van der Waals surface area contributed by atoms with Crippen LogP contribution in [0.5, 0.6) is 0 Å². The summed E-state index contributed by atoms with van der Waals surface area (Å²) in [5.41, 5.74) is 1.02. The van der Waals surface area contributed by atoms with Crippen LogP contribution in [0.25, 0.3) is 10.2 Å². The first-order valence-corrected chi connectivity index (χ1v) is 13.6. The van der Waals surface area contributed by atoms with Crippen LogP contribution in [-0.4, -0.2) is 55.3 Å². The van der Waals surface area contributed by atoms with Crippen molar-refractivity contribution in [1.29, 1.82) is 0 Å². The third-order valence-corrected chi connectivity index (χ3v) is 8.99. The van der Waals surface area contributed by atoms with Gasteiger partial charge in [0.1, 0.15) is 16.5 Å². The zero-order valence-corrected chi connectivity index (χ0v) is 20.4. The second-order valence-electron chi connectivity index (χ2n) is 8.36. The second-order valence-corrected chi connectivity index (χ2v) is 11.4. The van der Waals surface area contributed by atoms with Gasteiger partial charge in [-0.25, -0.2) is 13.4 Å². The van der Waals surface area contributed by atoms with Gasteiger partial charge in [0.15, 0.2) is 15.6 Å². The molecule has 2 aromatic carbocycles. The van der Waals surface area contributed by atoms with Crippen molar-refractivity contribution in [2.24, 2.45) is 0 Å². The molecule has 176 valence electrons. The second kappa shape index (κ2) is 9.32. The summed E-state index contributed by atoms with van der Waals surface area (Å²) in [5.74, 6) is -0.0607. The van der Waals surface area contributed by atoms with Gasteiger partial charge >= 0.3 is 0 Å². The van der Waals surface area contributed by atoms with Crippen LogP contribution in [0.4, 0.5) is 0 Å². The van der Waals surface area contributed by atoms with E-state index >= 15 is 0 Å². The van der Waals surface area contributed by atoms with Gasteiger partial charge in [0, 0.05) is 26.2 Å². The summed E-state index contributed by atoms with van der Waals surface area (Å²) in [6.07, 6.45) is 0. The molecular formula is C25H25N3O4S2. The maximum atomic E-state index is 13.0. The molecule has 1 atom stereocenters. The zero-order valence-electron chi connectivity index (χ0n) is 18.8. The highest BCUT2D eigenvalue weighted by atomic mass is 32.2. The number of thiazole rings is 1. The maximum Gasteiger partial charge on any atom is 0.289 e. The van der Waals surface area contributed by atoms with E-state index in [0.717, 1.165) is 23.6 Å². The highest BCUT2D eigenvalue weighted by molar-refractivity contribution is 7.90. The van der Waals surface area contributed by atoms with Crippen molar-refractivity contribution >= 4 is 37.3 Å². The Morgan fingerprint density at radius 3 is 2.44 bits per heavy atom. The lowest BCUT2D eigenvalue weighted by atomic mass is 10.2. The molecule has 0 spiro atoms. The van der Waals surface area contributed by atoms with Crippen LogP contribution in [0.3, 0.4) is 0 Å². The minimum absolute atomic E-state index is 0.172. The van der Waals surface area contributed by atoms with E-state index < -0.39 is 9.84 Å². The number of para-hydroxylation sites is 1. The Bertz CT molecular complexity index is 1370. The molecule has 34 heavy (non-hydrogen) atoms. The number of rotatable bonds is 6. The summed E-state index contributed by atoms with van der Waals surface area (Å²) in [6.45, 7) is 4.78. The van der Waals surface area contributed by atoms with Crippen molar-refractivity contribution in [3.05, 3.63) is 83.3 Å². The van der Waals surface area contributed by atoms with E-state index in [1.165, 1.54) is 4.70 Å². The van der Waals surface area contributed by atoms with Gasteiger partial charge in [-0.1, -0.05) is 30.3 Å². The largest absolute Gasteiger partial charge is 0.455 e. The van der Waals surface area contributed by atoms with E-state index in [-0.39, 0.29) is 34.1 Å². The molecule has 7 nitrogen and oxygen atoms in total. The van der Waals surface area contributed by atoms with Crippen molar-refractivity contribution in [2.75, 3.05) is 26.2 Å². The molecule has 1 fully saturated rings. The number of hydrogen-bond acceptors (Lipinski definition) is 7. The summed E-state index contributed by atoms with van der Waals surface area (Å²) >= 11 is 1.71. The minimum Gasteiger partial charge on any atom is -0.455 e. The van der Waals surface area contributed by atoms with Crippen LogP contribution in [-0.2, 0) is 15.6 Å². The van der Waals surface area contributed by atoms with E-state index in [4.69, 9.17) is 9.40 Å². The molecule has 5 rings (SSSR count). The molecular weight excluding hydrogens is 470 g/mol. The van der Waals surface area contributed by atoms with E-state index in [2.05, 4.69) is 17.9 Å². The quantitative estimate of drug-likeness (QED) is 0.395. The summed E-state index contributed by atoms with van der Waals surface area (Å²) in [4.78, 5) is 22.1. The molecule has 0 bridgehead atoms. The molecule has 1 aliphatic rings. The Hall–Kier alpha value is -3.01. The Kier molecular flexibility index (Phi) is 6.24. The molecule has 1 aliphatic heterocycles. The third-order valence-electron chi connectivity index (χ3n) is 6.12. The predicted molar refractivity (Wildman–Crippen MR) is 132 cm³/mol. The standard InChI is InChI=1S/C25H25N3O4S2/c1-18(24-26-21-9-5-6-10-23(21)33-24)27-13-15-28(16-14-27)25(29)22-12-11-19(32-22)17-34(30,31)20-7-3-2-4-8-20/h2-12,18H,13-17H2,1H3. The highest BCUT2D eigenvalue weighted by Crippen LogP contribution is 2.30. The van der Waals surface area contributed by atoms with Crippen LogP contribution in [0.1, 0.15) is 34.3 Å². The fraction of sp³-hybridized carbons (Fsp3) is 0.280. The Morgan fingerprint density at radius 2 is 1.71 bits per heavy atom. The minimum atomic E-state index is -3.53. The number of furan rings is 1. The van der Waals surface area contributed by atoms with Crippen molar-refractivity contribution < 1.29 is 17.6 Å². The molecule has 0 N–H and O–H groups in total. The van der Waals surface area contributed by atoms with Gasteiger partial charge in [0.2, 0.25) is 0 Å². The predicted octanol–water partition coefficient (Wildman–Crippen LogP) is 4.38. The number of aromatic nitrogens is 1. The van der Waals surface area contributed by atoms with E-state index in [0.29, 0.717) is 13.1 Å². The number of hydrogen-bond donors (Lipinski definition) is 0. The number of carbonyl (C=O) groups excluding carboxylic acids is 1. The number of fused-ring (bicyclic) bond motifs is 1. The van der Waals surface area contributed by atoms with Gasteiger partial charge in [-0.2, -0.15) is 0 Å². The van der Waals surface area contributed by atoms with Gasteiger partial charge in [-0.05, 0) is 43.3 Å². The molecule has 4 aromatic rings. The Labute approximate surface area is 202 Å². The zero-order chi connectivity index (χ0) is 23.7. The molecule has 3 heterocycles. The first-order chi connectivity index (χ1) is 16.4. The van der Waals surface area contributed by atoms with Crippen LogP contribution in [0, 0.1) is 0 Å². The number of carbonyl (C=O) groups is 1. The van der Waals surface area contributed by atoms with Gasteiger partial charge in [0.25, 0.3) is 5.91 Å². The molecule has 9 heteroatoms. The smallest absolute Gasteiger partial charge is 0.289 e. The summed E-state index contributed by atoms with van der Waals surface area (Å²) in [7, 11) is -3.53. The lowest BCUT2D eigenvalue weighted by Gasteiger charge is -2.37. The Balaban J connectivity index is 1.20. The van der Waals surface area contributed by atoms with Gasteiger partial charge in [-0.3, -0.25) is 9.69 Å². The lowest BCUT2D eigenvalue weighted by Crippen LogP contribution is -2.49. The van der Waals surface area contributed by atoms with Crippen LogP contribution in [0.15, 0.2) is 76.0 Å². The summed E-state index contributed by atoms with van der Waals surface area (Å²) < 4.78 is 32.0. The van der Waals surface area contributed by atoms with E-state index in [1.54, 1.807) is 58.7 Å². The number of amides is 1. The SMILES string of the molecule is CC(c1nc2ccccc2s1)N1CCN(C(=O)c2ccc(CS(=O)(=O)c3ccccc3)o2)CC1. The first kappa shape index (κ1) is 22.8. The van der Waals surface area contributed by atoms with Crippen molar-refractivity contribution in [3.8, 4) is 0 Å². The van der Waals surface area contributed by atoms with Crippen molar-refractivity contribution in [1.82, 2.24) is 14.8 Å². The average Bonchev–Trinajstić information content (AvgIpc) is 3.50. The lowest BCUT2D eigenvalue weighted by molar-refractivity contribution is 0.0551. The van der Waals surface area contributed by atoms with E-state index in [1.807, 2.05) is 18.2 Å². The molecule has 2 aromatic heterocycles. The molecule has 0 saturated carbocycles. The molecule has 0 radical (unpaired) electrons. The number of piperazine rings is 1. The van der Waals surface area contributed by atoms with Crippen LogP contribution >= 0.6 is 11.3 Å². The summed E-state index contributed by atoms with van der Waals surface area (Å²) in [6, 6.07) is 19.7. The molecule has 1 saturated heterocycles. The fourth-order valence-corrected chi connectivity index (χ4v) is 6.48. The topological polar surface area (TPSA) is 83.7 Å². The van der Waals surface area contributed by atoms with Gasteiger partial charge < -0.3 is 9.32 Å². The Morgan fingerprint density at radius 1 is 1.00 bits per heavy atom.